The van der Waals surface area contributed by atoms with Crippen molar-refractivity contribution in [2.45, 2.75) is 0 Å². The maximum atomic E-state index is 11.8. The molecule has 2 aromatic carbocycles. The number of carbonyl (C=O) groups excluding carboxylic acids is 1. The van der Waals surface area contributed by atoms with E-state index in [1.54, 1.807) is 12.1 Å². The molecule has 0 aliphatic carbocycles. The Bertz CT molecular complexity index is 849. The Morgan fingerprint density at radius 2 is 1.65 bits per heavy atom. The molecule has 0 fully saturated rings. The Morgan fingerprint density at radius 3 is 2.30 bits per heavy atom. The molecule has 0 saturated carbocycles. The van der Waals surface area contributed by atoms with Gasteiger partial charge in [0.2, 0.25) is 0 Å². The molecule has 4 nitrogen and oxygen atoms in total. The molecule has 0 atom stereocenters. The summed E-state index contributed by atoms with van der Waals surface area (Å²) < 4.78 is 6.46. The summed E-state index contributed by atoms with van der Waals surface area (Å²) in [7, 11) is 1.35. The number of para-hydroxylation sites is 1. The molecule has 1 aromatic heterocycles. The maximum Gasteiger partial charge on any atom is 0.340 e. The smallest absolute Gasteiger partial charge is 0.340 e. The largest absolute Gasteiger partial charge is 0.465 e. The van der Waals surface area contributed by atoms with E-state index in [-0.39, 0.29) is 0 Å². The van der Waals surface area contributed by atoms with Crippen LogP contribution in [-0.4, -0.2) is 23.0 Å². The summed E-state index contributed by atoms with van der Waals surface area (Å²) in [6.07, 6.45) is 0. The normalized spacial score (nSPS) is 10.9. The number of esters is 1. The zero-order valence-electron chi connectivity index (χ0n) is 10.4. The number of methoxy groups -OCH3 is 1. The second-order valence-corrected chi connectivity index (χ2v) is 5.82. The average Bonchev–Trinajstić information content (AvgIpc) is 2.48. The van der Waals surface area contributed by atoms with Gasteiger partial charge in [0.05, 0.1) is 18.2 Å². The summed E-state index contributed by atoms with van der Waals surface area (Å²) in [5, 5.41) is 0. The number of carbonyl (C=O) groups is 1. The predicted molar refractivity (Wildman–Crippen MR) is 83.8 cm³/mol. The second kappa shape index (κ2) is 5.10. The highest BCUT2D eigenvalue weighted by Crippen LogP contribution is 2.30. The summed E-state index contributed by atoms with van der Waals surface area (Å²) in [4.78, 5) is 20.9. The third-order valence-electron chi connectivity index (χ3n) is 2.93. The standard InChI is InChI=1S/C14H8Br2N2O2/c1-20-14(19)7-3-2-4-10-11(7)18-13-9(16)6-5-8(15)12(13)17-10/h2-6H,1H3. The molecule has 20 heavy (non-hydrogen) atoms. The second-order valence-electron chi connectivity index (χ2n) is 4.11. The van der Waals surface area contributed by atoms with E-state index >= 15 is 0 Å². The molecule has 0 amide bonds. The molecule has 0 aliphatic heterocycles. The van der Waals surface area contributed by atoms with E-state index in [2.05, 4.69) is 41.8 Å². The third kappa shape index (κ3) is 2.09. The van der Waals surface area contributed by atoms with Crippen LogP contribution in [-0.2, 0) is 4.74 Å². The number of benzene rings is 2. The van der Waals surface area contributed by atoms with Gasteiger partial charge in [0, 0.05) is 8.95 Å². The average molecular weight is 396 g/mol. The summed E-state index contributed by atoms with van der Waals surface area (Å²) in [6, 6.07) is 9.05. The number of aromatic nitrogens is 2. The molecule has 0 radical (unpaired) electrons. The highest BCUT2D eigenvalue weighted by Gasteiger charge is 2.15. The van der Waals surface area contributed by atoms with Crippen LogP contribution in [0, 0.1) is 0 Å². The van der Waals surface area contributed by atoms with E-state index in [0.29, 0.717) is 22.1 Å². The molecule has 0 bridgehead atoms. The van der Waals surface area contributed by atoms with Gasteiger partial charge < -0.3 is 4.74 Å². The van der Waals surface area contributed by atoms with Crippen LogP contribution in [0.1, 0.15) is 10.4 Å². The molecular weight excluding hydrogens is 388 g/mol. The highest BCUT2D eigenvalue weighted by molar-refractivity contribution is 9.11. The van der Waals surface area contributed by atoms with Gasteiger partial charge in [-0.1, -0.05) is 6.07 Å². The number of fused-ring (bicyclic) bond motifs is 2. The summed E-state index contributed by atoms with van der Waals surface area (Å²) in [6.45, 7) is 0. The van der Waals surface area contributed by atoms with Crippen molar-refractivity contribution < 1.29 is 9.53 Å². The molecule has 3 aromatic rings. The van der Waals surface area contributed by atoms with Crippen LogP contribution in [0.5, 0.6) is 0 Å². The van der Waals surface area contributed by atoms with Crippen LogP contribution in [0.15, 0.2) is 39.3 Å². The first kappa shape index (κ1) is 13.5. The summed E-state index contributed by atoms with van der Waals surface area (Å²) in [5.41, 5.74) is 3.04. The van der Waals surface area contributed by atoms with Crippen LogP contribution in [0.4, 0.5) is 0 Å². The van der Waals surface area contributed by atoms with E-state index in [1.807, 2.05) is 18.2 Å². The van der Waals surface area contributed by atoms with E-state index in [9.17, 15) is 4.79 Å². The highest BCUT2D eigenvalue weighted by atomic mass is 79.9. The van der Waals surface area contributed by atoms with Gasteiger partial charge in [0.1, 0.15) is 16.6 Å². The topological polar surface area (TPSA) is 52.1 Å². The van der Waals surface area contributed by atoms with Crippen molar-refractivity contribution in [3.63, 3.8) is 0 Å². The predicted octanol–water partition coefficient (Wildman–Crippen LogP) is 4.09. The van der Waals surface area contributed by atoms with Crippen molar-refractivity contribution in [1.29, 1.82) is 0 Å². The molecule has 1 heterocycles. The van der Waals surface area contributed by atoms with Gasteiger partial charge in [-0.3, -0.25) is 0 Å². The monoisotopic (exact) mass is 394 g/mol. The van der Waals surface area contributed by atoms with E-state index in [0.717, 1.165) is 14.5 Å². The quantitative estimate of drug-likeness (QED) is 0.460. The fourth-order valence-electron chi connectivity index (χ4n) is 1.99. The lowest BCUT2D eigenvalue weighted by Crippen LogP contribution is -2.04. The lowest BCUT2D eigenvalue weighted by atomic mass is 10.1. The van der Waals surface area contributed by atoms with Gasteiger partial charge in [-0.15, -0.1) is 0 Å². The SMILES string of the molecule is COC(=O)c1cccc2nc3c(Br)ccc(Br)c3nc12. The van der Waals surface area contributed by atoms with Crippen LogP contribution < -0.4 is 0 Å². The van der Waals surface area contributed by atoms with Crippen molar-refractivity contribution in [2.24, 2.45) is 0 Å². The van der Waals surface area contributed by atoms with Gasteiger partial charge in [-0.25, -0.2) is 14.8 Å². The Kier molecular flexibility index (Phi) is 3.43. The molecule has 0 unspecified atom stereocenters. The summed E-state index contributed by atoms with van der Waals surface area (Å²) in [5.74, 6) is -0.421. The van der Waals surface area contributed by atoms with Crippen molar-refractivity contribution in [1.82, 2.24) is 9.97 Å². The van der Waals surface area contributed by atoms with Gasteiger partial charge in [-0.05, 0) is 56.1 Å². The molecule has 0 spiro atoms. The van der Waals surface area contributed by atoms with E-state index in [4.69, 9.17) is 4.74 Å². The van der Waals surface area contributed by atoms with E-state index in [1.165, 1.54) is 7.11 Å². The number of nitrogens with zero attached hydrogens (tertiary/aromatic N) is 2. The lowest BCUT2D eigenvalue weighted by molar-refractivity contribution is 0.0603. The molecular formula is C14H8Br2N2O2. The molecule has 100 valence electrons. The van der Waals surface area contributed by atoms with Gasteiger partial charge in [0.15, 0.2) is 0 Å². The first-order valence-corrected chi connectivity index (χ1v) is 7.33. The van der Waals surface area contributed by atoms with Crippen molar-refractivity contribution >= 4 is 59.9 Å². The lowest BCUT2D eigenvalue weighted by Gasteiger charge is -2.07. The van der Waals surface area contributed by atoms with Crippen LogP contribution in [0.3, 0.4) is 0 Å². The fraction of sp³-hybridized carbons (Fsp3) is 0.0714. The zero-order valence-corrected chi connectivity index (χ0v) is 13.5. The van der Waals surface area contributed by atoms with Crippen molar-refractivity contribution in [2.75, 3.05) is 7.11 Å². The van der Waals surface area contributed by atoms with Crippen molar-refractivity contribution in [3.8, 4) is 0 Å². The minimum Gasteiger partial charge on any atom is -0.465 e. The molecule has 0 N–H and O–H groups in total. The minimum absolute atomic E-state index is 0.409. The van der Waals surface area contributed by atoms with Gasteiger partial charge in [-0.2, -0.15) is 0 Å². The molecule has 6 heteroatoms. The maximum absolute atomic E-state index is 11.8. The Hall–Kier alpha value is -1.53. The molecule has 0 saturated heterocycles. The fourth-order valence-corrected chi connectivity index (χ4v) is 2.81. The van der Waals surface area contributed by atoms with Gasteiger partial charge >= 0.3 is 5.97 Å². The van der Waals surface area contributed by atoms with Crippen LogP contribution in [0.25, 0.3) is 22.1 Å². The van der Waals surface area contributed by atoms with Crippen molar-refractivity contribution in [3.05, 3.63) is 44.8 Å². The van der Waals surface area contributed by atoms with Gasteiger partial charge in [0.25, 0.3) is 0 Å². The first-order valence-electron chi connectivity index (χ1n) is 5.74. The van der Waals surface area contributed by atoms with Crippen LogP contribution >= 0.6 is 31.9 Å². The number of halogens is 2. The minimum atomic E-state index is -0.421. The van der Waals surface area contributed by atoms with E-state index < -0.39 is 5.97 Å². The number of hydrogen-bond acceptors (Lipinski definition) is 4. The molecule has 3 rings (SSSR count). The first-order chi connectivity index (χ1) is 9.61. The summed E-state index contributed by atoms with van der Waals surface area (Å²) >= 11 is 6.92. The Balaban J connectivity index is 2.46. The number of ether oxygens (including phenoxy) is 1. The number of hydrogen-bond donors (Lipinski definition) is 0. The third-order valence-corrected chi connectivity index (χ3v) is 4.21. The molecule has 0 aliphatic rings. The zero-order chi connectivity index (χ0) is 14.3. The Labute approximate surface area is 131 Å². The number of rotatable bonds is 1. The van der Waals surface area contributed by atoms with Crippen LogP contribution in [0.2, 0.25) is 0 Å². The Morgan fingerprint density at radius 1 is 1.00 bits per heavy atom.